The zero-order chi connectivity index (χ0) is 29.9. The zero-order valence-corrected chi connectivity index (χ0v) is 25.6. The number of carbonyl (C=O) groups is 2. The lowest BCUT2D eigenvalue weighted by atomic mass is 9.93. The number of aliphatic hydroxyl groups excluding tert-OH is 1. The summed E-state index contributed by atoms with van der Waals surface area (Å²) < 4.78 is 0. The lowest BCUT2D eigenvalue weighted by molar-refractivity contribution is -0.125. The van der Waals surface area contributed by atoms with Gasteiger partial charge in [-0.2, -0.15) is 0 Å². The van der Waals surface area contributed by atoms with Gasteiger partial charge in [0.05, 0.1) is 29.4 Å². The van der Waals surface area contributed by atoms with Gasteiger partial charge >= 0.3 is 6.03 Å². The molecule has 0 fully saturated rings. The molecule has 2 aromatic carbocycles. The van der Waals surface area contributed by atoms with Crippen molar-refractivity contribution in [2.24, 2.45) is 11.7 Å². The molecule has 222 valence electrons. The van der Waals surface area contributed by atoms with Gasteiger partial charge in [0.25, 0.3) is 0 Å². The second-order valence-electron chi connectivity index (χ2n) is 11.4. The van der Waals surface area contributed by atoms with Crippen LogP contribution in [0.5, 0.6) is 0 Å². The Morgan fingerprint density at radius 3 is 2.07 bits per heavy atom. The highest BCUT2D eigenvalue weighted by Crippen LogP contribution is 2.20. The van der Waals surface area contributed by atoms with Crippen LogP contribution < -0.4 is 16.4 Å². The number of benzene rings is 2. The van der Waals surface area contributed by atoms with Gasteiger partial charge in [0.15, 0.2) is 0 Å². The highest BCUT2D eigenvalue weighted by atomic mass is 32.1. The predicted molar refractivity (Wildman–Crippen MR) is 166 cm³/mol. The van der Waals surface area contributed by atoms with Crippen molar-refractivity contribution in [2.45, 2.75) is 83.6 Å². The van der Waals surface area contributed by atoms with Gasteiger partial charge in [0.1, 0.15) is 6.04 Å². The molecule has 0 unspecified atom stereocenters. The first-order valence-corrected chi connectivity index (χ1v) is 15.2. The largest absolute Gasteiger partial charge is 0.391 e. The number of nitrogens with zero attached hydrogens (tertiary/aromatic N) is 2. The molecule has 41 heavy (non-hydrogen) atoms. The summed E-state index contributed by atoms with van der Waals surface area (Å²) in [7, 11) is 1.69. The molecule has 0 aliphatic carbocycles. The Labute approximate surface area is 248 Å². The van der Waals surface area contributed by atoms with Crippen LogP contribution in [-0.4, -0.2) is 58.2 Å². The van der Waals surface area contributed by atoms with Crippen molar-refractivity contribution in [3.63, 3.8) is 0 Å². The lowest BCUT2D eigenvalue weighted by Gasteiger charge is -2.30. The van der Waals surface area contributed by atoms with E-state index in [-0.39, 0.29) is 23.9 Å². The summed E-state index contributed by atoms with van der Waals surface area (Å²) in [5.41, 5.74) is 9.32. The molecular formula is C32H45N5O3S. The van der Waals surface area contributed by atoms with Crippen LogP contribution in [0, 0.1) is 5.92 Å². The topological polar surface area (TPSA) is 121 Å². The number of rotatable bonds is 14. The Kier molecular flexibility index (Phi) is 12.3. The maximum absolute atomic E-state index is 13.6. The van der Waals surface area contributed by atoms with E-state index in [1.54, 1.807) is 18.4 Å². The Balaban J connectivity index is 1.67. The zero-order valence-electron chi connectivity index (χ0n) is 24.8. The second kappa shape index (κ2) is 15.7. The summed E-state index contributed by atoms with van der Waals surface area (Å²) in [4.78, 5) is 32.8. The third-order valence-corrected chi connectivity index (χ3v) is 8.21. The standard InChI is InChI=1S/C32H45N5O3S/c1-21(2)29(36-32(40)37(5)19-26-20-41-31(34-26)22(3)4)30(39)35-27(17-24-14-10-7-11-15-24)28(38)18-25(33)16-23-12-8-6-9-13-23/h6-15,20-22,25,27-29,38H,16-19,33H2,1-5H3,(H,35,39)(H,36,40)/t25-,27-,28-,29-/m0/s1. The van der Waals surface area contributed by atoms with E-state index >= 15 is 0 Å². The molecule has 0 spiro atoms. The van der Waals surface area contributed by atoms with E-state index in [2.05, 4.69) is 29.5 Å². The normalized spacial score (nSPS) is 14.4. The highest BCUT2D eigenvalue weighted by molar-refractivity contribution is 7.09. The van der Waals surface area contributed by atoms with Crippen molar-refractivity contribution in [1.82, 2.24) is 20.5 Å². The highest BCUT2D eigenvalue weighted by Gasteiger charge is 2.30. The lowest BCUT2D eigenvalue weighted by Crippen LogP contribution is -2.57. The number of hydrogen-bond donors (Lipinski definition) is 4. The second-order valence-corrected chi connectivity index (χ2v) is 12.3. The van der Waals surface area contributed by atoms with Gasteiger partial charge in [0, 0.05) is 24.4 Å². The molecule has 0 aliphatic rings. The van der Waals surface area contributed by atoms with E-state index in [1.165, 1.54) is 4.90 Å². The van der Waals surface area contributed by atoms with Gasteiger partial charge in [-0.3, -0.25) is 4.79 Å². The van der Waals surface area contributed by atoms with Crippen LogP contribution >= 0.6 is 11.3 Å². The van der Waals surface area contributed by atoms with Gasteiger partial charge < -0.3 is 26.4 Å². The maximum Gasteiger partial charge on any atom is 0.318 e. The van der Waals surface area contributed by atoms with Gasteiger partial charge in [-0.25, -0.2) is 9.78 Å². The Morgan fingerprint density at radius 2 is 1.54 bits per heavy atom. The van der Waals surface area contributed by atoms with Crippen LogP contribution in [0.1, 0.15) is 61.9 Å². The number of urea groups is 1. The van der Waals surface area contributed by atoms with E-state index in [9.17, 15) is 14.7 Å². The summed E-state index contributed by atoms with van der Waals surface area (Å²) in [6.45, 7) is 8.29. The number of aromatic nitrogens is 1. The molecule has 0 aliphatic heterocycles. The van der Waals surface area contributed by atoms with Gasteiger partial charge in [0.2, 0.25) is 5.91 Å². The molecule has 0 saturated heterocycles. The SMILES string of the molecule is CC(C)c1nc(CN(C)C(=O)N[C@H](C(=O)N[C@@H](Cc2ccccc2)[C@@H](O)C[C@@H](N)Cc2ccccc2)C(C)C)cs1. The average Bonchev–Trinajstić information content (AvgIpc) is 3.40. The van der Waals surface area contributed by atoms with Gasteiger partial charge in [-0.15, -0.1) is 11.3 Å². The minimum atomic E-state index is -0.871. The molecule has 4 atom stereocenters. The van der Waals surface area contributed by atoms with Crippen LogP contribution in [0.15, 0.2) is 66.0 Å². The summed E-state index contributed by atoms with van der Waals surface area (Å²) >= 11 is 1.58. The molecule has 5 N–H and O–H groups in total. The molecule has 9 heteroatoms. The smallest absolute Gasteiger partial charge is 0.318 e. The molecule has 3 aromatic rings. The van der Waals surface area contributed by atoms with Crippen molar-refractivity contribution in [2.75, 3.05) is 7.05 Å². The molecule has 1 aromatic heterocycles. The summed E-state index contributed by atoms with van der Waals surface area (Å²) in [5.74, 6) is -0.183. The third-order valence-electron chi connectivity index (χ3n) is 7.01. The predicted octanol–water partition coefficient (Wildman–Crippen LogP) is 4.48. The maximum atomic E-state index is 13.6. The summed E-state index contributed by atoms with van der Waals surface area (Å²) in [6, 6.07) is 17.7. The molecule has 3 amide bonds. The number of hydrogen-bond acceptors (Lipinski definition) is 6. The number of nitrogens with two attached hydrogens (primary N) is 1. The Morgan fingerprint density at radius 1 is 0.951 bits per heavy atom. The fraction of sp³-hybridized carbons (Fsp3) is 0.469. The van der Waals surface area contributed by atoms with Gasteiger partial charge in [-0.05, 0) is 36.3 Å². The first-order valence-electron chi connectivity index (χ1n) is 14.3. The first kappa shape index (κ1) is 32.2. The Hall–Kier alpha value is -3.27. The van der Waals surface area contributed by atoms with E-state index in [0.29, 0.717) is 31.7 Å². The molecular weight excluding hydrogens is 534 g/mol. The van der Waals surface area contributed by atoms with Crippen molar-refractivity contribution in [3.8, 4) is 0 Å². The Bertz CT molecular complexity index is 1220. The number of amides is 3. The first-order chi connectivity index (χ1) is 19.5. The van der Waals surface area contributed by atoms with E-state index in [4.69, 9.17) is 5.73 Å². The number of nitrogens with one attached hydrogen (secondary N) is 2. The van der Waals surface area contributed by atoms with Crippen molar-refractivity contribution < 1.29 is 14.7 Å². The number of aliphatic hydroxyl groups is 1. The summed E-state index contributed by atoms with van der Waals surface area (Å²) in [5, 5.41) is 20.2. The van der Waals surface area contributed by atoms with Crippen LogP contribution in [-0.2, 0) is 24.2 Å². The minimum absolute atomic E-state index is 0.172. The summed E-state index contributed by atoms with van der Waals surface area (Å²) in [6.07, 6.45) is 0.509. The van der Waals surface area contributed by atoms with Crippen LogP contribution in [0.4, 0.5) is 4.79 Å². The molecule has 3 rings (SSSR count). The fourth-order valence-electron chi connectivity index (χ4n) is 4.65. The monoisotopic (exact) mass is 579 g/mol. The molecule has 0 radical (unpaired) electrons. The quantitative estimate of drug-likeness (QED) is 0.224. The van der Waals surface area contributed by atoms with E-state index in [1.807, 2.05) is 79.9 Å². The van der Waals surface area contributed by atoms with E-state index < -0.39 is 18.2 Å². The van der Waals surface area contributed by atoms with Crippen LogP contribution in [0.3, 0.4) is 0 Å². The number of thiazole rings is 1. The van der Waals surface area contributed by atoms with E-state index in [0.717, 1.165) is 21.8 Å². The molecule has 0 bridgehead atoms. The average molecular weight is 580 g/mol. The minimum Gasteiger partial charge on any atom is -0.391 e. The van der Waals surface area contributed by atoms with Crippen LogP contribution in [0.25, 0.3) is 0 Å². The van der Waals surface area contributed by atoms with Gasteiger partial charge in [-0.1, -0.05) is 88.4 Å². The molecule has 8 nitrogen and oxygen atoms in total. The fourth-order valence-corrected chi connectivity index (χ4v) is 5.48. The molecule has 1 heterocycles. The third kappa shape index (κ3) is 10.3. The van der Waals surface area contributed by atoms with Crippen LogP contribution in [0.2, 0.25) is 0 Å². The molecule has 0 saturated carbocycles. The van der Waals surface area contributed by atoms with Crippen molar-refractivity contribution >= 4 is 23.3 Å². The van der Waals surface area contributed by atoms with Crippen molar-refractivity contribution in [3.05, 3.63) is 87.9 Å². The number of carbonyl (C=O) groups excluding carboxylic acids is 2. The van der Waals surface area contributed by atoms with Crippen molar-refractivity contribution in [1.29, 1.82) is 0 Å².